The number of benzene rings is 2. The Kier molecular flexibility index (Phi) is 6.46. The molecule has 0 bridgehead atoms. The number of hydrogen-bond acceptors (Lipinski definition) is 5. The molecule has 0 radical (unpaired) electrons. The smallest absolute Gasteiger partial charge is 0.407 e. The minimum absolute atomic E-state index is 0.0343. The zero-order valence-corrected chi connectivity index (χ0v) is 15.8. The zero-order valence-electron chi connectivity index (χ0n) is 15.8. The van der Waals surface area contributed by atoms with Gasteiger partial charge < -0.3 is 25.8 Å². The van der Waals surface area contributed by atoms with Crippen molar-refractivity contribution in [2.75, 3.05) is 32.8 Å². The first-order valence-corrected chi connectivity index (χ1v) is 9.29. The average molecular weight is 397 g/mol. The molecule has 0 unspecified atom stereocenters. The molecule has 0 spiro atoms. The number of rotatable bonds is 8. The molecule has 0 heterocycles. The second-order valence-electron chi connectivity index (χ2n) is 6.67. The molecule has 8 nitrogen and oxygen atoms in total. The molecule has 3 rings (SSSR count). The van der Waals surface area contributed by atoms with Crippen LogP contribution in [0.3, 0.4) is 0 Å². The standard InChI is InChI=1S/C21H23N3O5/c22-11-19(25)24(12-20(26)27)10-9-23-21(28)29-13-18-16-7-3-1-5-14(16)15-6-2-4-8-17(15)18/h1-8,18H,9-13,22H2,(H,23,28)(H,26,27). The van der Waals surface area contributed by atoms with Crippen molar-refractivity contribution in [3.8, 4) is 11.1 Å². The number of nitrogens with two attached hydrogens (primary N) is 1. The highest BCUT2D eigenvalue weighted by molar-refractivity contribution is 5.82. The molecule has 0 aromatic heterocycles. The molecule has 0 saturated heterocycles. The Morgan fingerprint density at radius 1 is 1.03 bits per heavy atom. The van der Waals surface area contributed by atoms with E-state index < -0.39 is 24.5 Å². The van der Waals surface area contributed by atoms with Crippen LogP contribution in [0.4, 0.5) is 4.79 Å². The second kappa shape index (κ2) is 9.20. The molecule has 1 aliphatic rings. The van der Waals surface area contributed by atoms with Crippen LogP contribution in [0.15, 0.2) is 48.5 Å². The van der Waals surface area contributed by atoms with E-state index in [0.29, 0.717) is 0 Å². The summed E-state index contributed by atoms with van der Waals surface area (Å²) in [5.41, 5.74) is 9.79. The lowest BCUT2D eigenvalue weighted by Gasteiger charge is -2.20. The molecular weight excluding hydrogens is 374 g/mol. The Morgan fingerprint density at radius 3 is 2.17 bits per heavy atom. The minimum Gasteiger partial charge on any atom is -0.480 e. The molecule has 4 N–H and O–H groups in total. The van der Waals surface area contributed by atoms with Crippen LogP contribution in [0.2, 0.25) is 0 Å². The highest BCUT2D eigenvalue weighted by atomic mass is 16.5. The third-order valence-corrected chi connectivity index (χ3v) is 4.85. The Bertz CT molecular complexity index is 869. The van der Waals surface area contributed by atoms with Crippen LogP contribution in [0.25, 0.3) is 11.1 Å². The van der Waals surface area contributed by atoms with Gasteiger partial charge in [0.15, 0.2) is 0 Å². The summed E-state index contributed by atoms with van der Waals surface area (Å²) < 4.78 is 5.39. The van der Waals surface area contributed by atoms with E-state index in [1.165, 1.54) is 0 Å². The van der Waals surface area contributed by atoms with Gasteiger partial charge in [0, 0.05) is 19.0 Å². The number of aliphatic carboxylic acids is 1. The van der Waals surface area contributed by atoms with Gasteiger partial charge in [0.1, 0.15) is 13.2 Å². The molecule has 2 aromatic carbocycles. The SMILES string of the molecule is NCC(=O)N(CCNC(=O)OCC1c2ccccc2-c2ccccc21)CC(=O)O. The van der Waals surface area contributed by atoms with Gasteiger partial charge in [-0.15, -0.1) is 0 Å². The Morgan fingerprint density at radius 2 is 1.62 bits per heavy atom. The van der Waals surface area contributed by atoms with Crippen molar-refractivity contribution in [2.45, 2.75) is 5.92 Å². The molecule has 0 fully saturated rings. The lowest BCUT2D eigenvalue weighted by Crippen LogP contribution is -2.44. The van der Waals surface area contributed by atoms with Crippen molar-refractivity contribution in [3.05, 3.63) is 59.7 Å². The second-order valence-corrected chi connectivity index (χ2v) is 6.67. The number of ether oxygens (including phenoxy) is 1. The Hall–Kier alpha value is -3.39. The van der Waals surface area contributed by atoms with Crippen LogP contribution >= 0.6 is 0 Å². The molecule has 0 aliphatic heterocycles. The van der Waals surface area contributed by atoms with E-state index in [0.717, 1.165) is 27.2 Å². The maximum absolute atomic E-state index is 12.1. The highest BCUT2D eigenvalue weighted by Gasteiger charge is 2.29. The third-order valence-electron chi connectivity index (χ3n) is 4.85. The third kappa shape index (κ3) is 4.72. The maximum Gasteiger partial charge on any atom is 0.407 e. The molecule has 2 aromatic rings. The Balaban J connectivity index is 1.55. The van der Waals surface area contributed by atoms with Gasteiger partial charge in [-0.3, -0.25) is 9.59 Å². The summed E-state index contributed by atoms with van der Waals surface area (Å²) in [4.78, 5) is 35.6. The van der Waals surface area contributed by atoms with Gasteiger partial charge in [-0.2, -0.15) is 0 Å². The van der Waals surface area contributed by atoms with E-state index in [4.69, 9.17) is 15.6 Å². The summed E-state index contributed by atoms with van der Waals surface area (Å²) >= 11 is 0. The van der Waals surface area contributed by atoms with Gasteiger partial charge in [0.25, 0.3) is 0 Å². The van der Waals surface area contributed by atoms with Crippen molar-refractivity contribution < 1.29 is 24.2 Å². The van der Waals surface area contributed by atoms with Crippen LogP contribution in [0.5, 0.6) is 0 Å². The highest BCUT2D eigenvalue weighted by Crippen LogP contribution is 2.44. The number of fused-ring (bicyclic) bond motifs is 3. The lowest BCUT2D eigenvalue weighted by molar-refractivity contribution is -0.143. The summed E-state index contributed by atoms with van der Waals surface area (Å²) in [6.45, 7) is -0.483. The van der Waals surface area contributed by atoms with E-state index in [9.17, 15) is 14.4 Å². The average Bonchev–Trinajstić information content (AvgIpc) is 3.04. The van der Waals surface area contributed by atoms with Gasteiger partial charge in [-0.25, -0.2) is 4.79 Å². The number of carbonyl (C=O) groups excluding carboxylic acids is 2. The first-order chi connectivity index (χ1) is 14.0. The minimum atomic E-state index is -1.15. The Labute approximate surface area is 168 Å². The fourth-order valence-corrected chi connectivity index (χ4v) is 3.53. The quantitative estimate of drug-likeness (QED) is 0.619. The number of alkyl carbamates (subject to hydrolysis) is 1. The number of nitrogens with one attached hydrogen (secondary N) is 1. The van der Waals surface area contributed by atoms with E-state index in [1.807, 2.05) is 36.4 Å². The van der Waals surface area contributed by atoms with Crippen molar-refractivity contribution in [2.24, 2.45) is 5.73 Å². The number of hydrogen-bond donors (Lipinski definition) is 3. The van der Waals surface area contributed by atoms with Crippen molar-refractivity contribution in [1.29, 1.82) is 0 Å². The topological polar surface area (TPSA) is 122 Å². The summed E-state index contributed by atoms with van der Waals surface area (Å²) in [5, 5.41) is 11.4. The first kappa shape index (κ1) is 20.3. The number of carboxylic acid groups (broad SMARTS) is 1. The predicted molar refractivity (Wildman–Crippen MR) is 106 cm³/mol. The molecule has 29 heavy (non-hydrogen) atoms. The summed E-state index contributed by atoms with van der Waals surface area (Å²) in [6, 6.07) is 16.1. The molecule has 1 aliphatic carbocycles. The predicted octanol–water partition coefficient (Wildman–Crippen LogP) is 1.40. The van der Waals surface area contributed by atoms with Crippen molar-refractivity contribution >= 4 is 18.0 Å². The van der Waals surface area contributed by atoms with Gasteiger partial charge in [-0.1, -0.05) is 48.5 Å². The van der Waals surface area contributed by atoms with Crippen LogP contribution < -0.4 is 11.1 Å². The van der Waals surface area contributed by atoms with E-state index >= 15 is 0 Å². The monoisotopic (exact) mass is 397 g/mol. The maximum atomic E-state index is 12.1. The van der Waals surface area contributed by atoms with Crippen LogP contribution in [0.1, 0.15) is 17.0 Å². The normalized spacial score (nSPS) is 12.0. The van der Waals surface area contributed by atoms with Crippen LogP contribution in [-0.2, 0) is 14.3 Å². The van der Waals surface area contributed by atoms with Gasteiger partial charge in [0.2, 0.25) is 5.91 Å². The number of carboxylic acids is 1. The van der Waals surface area contributed by atoms with Gasteiger partial charge in [0.05, 0.1) is 6.54 Å². The van der Waals surface area contributed by atoms with Gasteiger partial charge >= 0.3 is 12.1 Å². The van der Waals surface area contributed by atoms with Crippen molar-refractivity contribution in [3.63, 3.8) is 0 Å². The van der Waals surface area contributed by atoms with Crippen molar-refractivity contribution in [1.82, 2.24) is 10.2 Å². The van der Waals surface area contributed by atoms with E-state index in [2.05, 4.69) is 17.4 Å². The molecule has 2 amide bonds. The summed E-state index contributed by atoms with van der Waals surface area (Å²) in [5.74, 6) is -1.69. The number of nitrogens with zero attached hydrogens (tertiary/aromatic N) is 1. The largest absolute Gasteiger partial charge is 0.480 e. The molecular formula is C21H23N3O5. The molecule has 152 valence electrons. The summed E-state index contributed by atoms with van der Waals surface area (Å²) in [6.07, 6.45) is -0.623. The summed E-state index contributed by atoms with van der Waals surface area (Å²) in [7, 11) is 0. The van der Waals surface area contributed by atoms with E-state index in [1.54, 1.807) is 0 Å². The number of carbonyl (C=O) groups is 3. The lowest BCUT2D eigenvalue weighted by atomic mass is 9.98. The van der Waals surface area contributed by atoms with E-state index in [-0.39, 0.29) is 32.2 Å². The molecule has 0 atom stereocenters. The molecule has 0 saturated carbocycles. The van der Waals surface area contributed by atoms with Crippen LogP contribution in [0, 0.1) is 0 Å². The number of amides is 2. The van der Waals surface area contributed by atoms with Gasteiger partial charge in [-0.05, 0) is 22.3 Å². The van der Waals surface area contributed by atoms with Crippen LogP contribution in [-0.4, -0.2) is 60.8 Å². The first-order valence-electron chi connectivity index (χ1n) is 9.29. The zero-order chi connectivity index (χ0) is 20.8. The fourth-order valence-electron chi connectivity index (χ4n) is 3.53. The molecule has 8 heteroatoms. The fraction of sp³-hybridized carbons (Fsp3) is 0.286.